The van der Waals surface area contributed by atoms with Crippen LogP contribution in [0, 0.1) is 29.6 Å². The summed E-state index contributed by atoms with van der Waals surface area (Å²) in [6.07, 6.45) is 2.64. The first-order valence-electron chi connectivity index (χ1n) is 8.22. The number of carbonyl (C=O) groups excluding carboxylic acids is 1. The minimum atomic E-state index is -0.793. The third-order valence-electron chi connectivity index (χ3n) is 6.18. The monoisotopic (exact) mass is 326 g/mol. The molecule has 1 unspecified atom stereocenters. The van der Waals surface area contributed by atoms with E-state index in [2.05, 4.69) is 0 Å². The fraction of sp³-hybridized carbons (Fsp3) is 0.882. The van der Waals surface area contributed by atoms with Gasteiger partial charge < -0.3 is 19.3 Å². The maximum atomic E-state index is 12.1. The highest BCUT2D eigenvalue weighted by Gasteiger charge is 2.60. The molecule has 6 atom stereocenters. The van der Waals surface area contributed by atoms with Crippen LogP contribution in [0.5, 0.6) is 0 Å². The molecule has 4 rings (SSSR count). The Labute approximate surface area is 136 Å². The normalized spacial score (nSPS) is 44.1. The summed E-state index contributed by atoms with van der Waals surface area (Å²) in [5.74, 6) is -2.27. The van der Waals surface area contributed by atoms with Gasteiger partial charge >= 0.3 is 11.9 Å². The molecular formula is C17H26O6. The lowest BCUT2D eigenvalue weighted by Crippen LogP contribution is -2.51. The lowest BCUT2D eigenvalue weighted by Gasteiger charge is -2.48. The molecule has 6 heteroatoms. The molecule has 6 nitrogen and oxygen atoms in total. The minimum absolute atomic E-state index is 0. The highest BCUT2D eigenvalue weighted by atomic mass is 16.7. The summed E-state index contributed by atoms with van der Waals surface area (Å²) >= 11 is 0. The number of hydrogen-bond acceptors (Lipinski definition) is 5. The maximum absolute atomic E-state index is 12.1. The van der Waals surface area contributed by atoms with Crippen molar-refractivity contribution < 1.29 is 28.9 Å². The van der Waals surface area contributed by atoms with Crippen molar-refractivity contribution in [1.82, 2.24) is 0 Å². The van der Waals surface area contributed by atoms with Crippen molar-refractivity contribution >= 4 is 11.9 Å². The number of carboxylic acid groups (broad SMARTS) is 1. The number of cyclic esters (lactones) is 1. The number of esters is 1. The molecule has 0 aromatic rings. The molecule has 0 radical (unpaired) electrons. The quantitative estimate of drug-likeness (QED) is 0.743. The van der Waals surface area contributed by atoms with E-state index in [0.717, 1.165) is 12.8 Å². The molecule has 4 fully saturated rings. The van der Waals surface area contributed by atoms with Crippen LogP contribution in [0.25, 0.3) is 0 Å². The van der Waals surface area contributed by atoms with E-state index < -0.39 is 17.7 Å². The average Bonchev–Trinajstić information content (AvgIpc) is 3.02. The van der Waals surface area contributed by atoms with Crippen LogP contribution >= 0.6 is 0 Å². The summed E-state index contributed by atoms with van der Waals surface area (Å²) in [4.78, 5) is 24.0. The van der Waals surface area contributed by atoms with Gasteiger partial charge in [-0.25, -0.2) is 0 Å². The van der Waals surface area contributed by atoms with E-state index >= 15 is 0 Å². The zero-order valence-electron chi connectivity index (χ0n) is 12.7. The molecule has 2 heterocycles. The second-order valence-electron chi connectivity index (χ2n) is 7.20. The third kappa shape index (κ3) is 2.47. The minimum Gasteiger partial charge on any atom is -0.481 e. The van der Waals surface area contributed by atoms with Crippen molar-refractivity contribution in [2.75, 3.05) is 13.2 Å². The van der Waals surface area contributed by atoms with Crippen LogP contribution in [0.4, 0.5) is 0 Å². The maximum Gasteiger partial charge on any atom is 0.309 e. The van der Waals surface area contributed by atoms with Crippen molar-refractivity contribution in [1.29, 1.82) is 0 Å². The number of rotatable bonds is 1. The highest BCUT2D eigenvalue weighted by molar-refractivity contribution is 5.79. The molecule has 2 aliphatic carbocycles. The molecule has 0 aromatic carbocycles. The van der Waals surface area contributed by atoms with Gasteiger partial charge in [0, 0.05) is 18.8 Å². The summed E-state index contributed by atoms with van der Waals surface area (Å²) in [5.41, 5.74) is 0. The van der Waals surface area contributed by atoms with Gasteiger partial charge in [0.15, 0.2) is 5.79 Å². The summed E-state index contributed by atoms with van der Waals surface area (Å²) in [6.45, 7) is 3.03. The number of carbonyl (C=O) groups is 2. The van der Waals surface area contributed by atoms with Crippen molar-refractivity contribution in [3.05, 3.63) is 0 Å². The largest absolute Gasteiger partial charge is 0.481 e. The number of fused-ring (bicyclic) bond motifs is 2. The number of hydrogen-bond donors (Lipinski definition) is 1. The topological polar surface area (TPSA) is 82.1 Å². The second-order valence-corrected chi connectivity index (χ2v) is 7.20. The Bertz CT molecular complexity index is 497. The van der Waals surface area contributed by atoms with E-state index in [0.29, 0.717) is 26.1 Å². The van der Waals surface area contributed by atoms with Gasteiger partial charge in [-0.05, 0) is 31.6 Å². The van der Waals surface area contributed by atoms with E-state index in [1.165, 1.54) is 0 Å². The Kier molecular flexibility index (Phi) is 4.17. The molecule has 130 valence electrons. The van der Waals surface area contributed by atoms with Crippen LogP contribution in [-0.2, 0) is 23.8 Å². The molecule has 2 aliphatic heterocycles. The molecule has 4 aliphatic rings. The number of carboxylic acids is 1. The van der Waals surface area contributed by atoms with Gasteiger partial charge in [-0.15, -0.1) is 0 Å². The molecular weight excluding hydrogens is 300 g/mol. The molecule has 2 saturated carbocycles. The van der Waals surface area contributed by atoms with Crippen LogP contribution in [0.1, 0.15) is 40.0 Å². The lowest BCUT2D eigenvalue weighted by atomic mass is 9.56. The lowest BCUT2D eigenvalue weighted by molar-refractivity contribution is -0.209. The van der Waals surface area contributed by atoms with Gasteiger partial charge in [-0.1, -0.05) is 7.43 Å². The van der Waals surface area contributed by atoms with Gasteiger partial charge in [0.1, 0.15) is 6.10 Å². The predicted molar refractivity (Wildman–Crippen MR) is 80.5 cm³/mol. The zero-order chi connectivity index (χ0) is 15.5. The fourth-order valence-electron chi connectivity index (χ4n) is 5.35. The standard InChI is InChI=1S/C16H22O6.CH4/c1-8-12-11(15(19)22-8)6-9-7-16(20-4-5-21-16)3-2-10(9)13(12)14(17)18;/h8-13H,2-7H2,1H3,(H,17,18);1H4/t8-,9-,10?,11-,12-,13+;/m1./s1. The number of aliphatic carboxylic acids is 1. The van der Waals surface area contributed by atoms with E-state index in [1.807, 2.05) is 6.92 Å². The van der Waals surface area contributed by atoms with Crippen LogP contribution in [0.2, 0.25) is 0 Å². The summed E-state index contributed by atoms with van der Waals surface area (Å²) < 4.78 is 16.9. The highest BCUT2D eigenvalue weighted by Crippen LogP contribution is 2.55. The molecule has 23 heavy (non-hydrogen) atoms. The third-order valence-corrected chi connectivity index (χ3v) is 6.18. The van der Waals surface area contributed by atoms with Crippen molar-refractivity contribution in [2.24, 2.45) is 29.6 Å². The van der Waals surface area contributed by atoms with Crippen molar-refractivity contribution in [2.45, 2.75) is 51.9 Å². The Morgan fingerprint density at radius 2 is 2.00 bits per heavy atom. The van der Waals surface area contributed by atoms with Crippen LogP contribution in [0.15, 0.2) is 0 Å². The first-order valence-corrected chi connectivity index (χ1v) is 8.22. The van der Waals surface area contributed by atoms with Crippen LogP contribution in [0.3, 0.4) is 0 Å². The van der Waals surface area contributed by atoms with E-state index in [9.17, 15) is 14.7 Å². The van der Waals surface area contributed by atoms with Gasteiger partial charge in [-0.2, -0.15) is 0 Å². The van der Waals surface area contributed by atoms with Crippen LogP contribution < -0.4 is 0 Å². The first-order chi connectivity index (χ1) is 10.5. The van der Waals surface area contributed by atoms with Crippen molar-refractivity contribution in [3.63, 3.8) is 0 Å². The first kappa shape index (κ1) is 16.7. The fourth-order valence-corrected chi connectivity index (χ4v) is 5.35. The molecule has 1 spiro atoms. The Balaban J connectivity index is 0.00000156. The summed E-state index contributed by atoms with van der Waals surface area (Å²) in [7, 11) is 0. The average molecular weight is 326 g/mol. The smallest absolute Gasteiger partial charge is 0.309 e. The Morgan fingerprint density at radius 1 is 1.30 bits per heavy atom. The van der Waals surface area contributed by atoms with Gasteiger partial charge in [0.25, 0.3) is 0 Å². The van der Waals surface area contributed by atoms with E-state index in [1.54, 1.807) is 0 Å². The Morgan fingerprint density at radius 3 is 2.65 bits per heavy atom. The molecule has 1 N–H and O–H groups in total. The predicted octanol–water partition coefficient (Wildman–Crippen LogP) is 2.06. The molecule has 0 aromatic heterocycles. The van der Waals surface area contributed by atoms with Gasteiger partial charge in [0.05, 0.1) is 25.0 Å². The summed E-state index contributed by atoms with van der Waals surface area (Å²) in [5, 5.41) is 9.76. The van der Waals surface area contributed by atoms with Gasteiger partial charge in [-0.3, -0.25) is 9.59 Å². The molecule has 0 bridgehead atoms. The van der Waals surface area contributed by atoms with E-state index in [-0.39, 0.29) is 43.2 Å². The SMILES string of the molecule is C.C[C@H]1OC(=O)[C@@H]2C[C@@H]3CC4(CCC3[C@H](C(=O)O)[C@H]12)OCCO4. The molecule has 2 saturated heterocycles. The van der Waals surface area contributed by atoms with Gasteiger partial charge in [0.2, 0.25) is 0 Å². The second kappa shape index (κ2) is 5.74. The zero-order valence-corrected chi connectivity index (χ0v) is 12.7. The van der Waals surface area contributed by atoms with E-state index in [4.69, 9.17) is 14.2 Å². The van der Waals surface area contributed by atoms with Crippen LogP contribution in [-0.4, -0.2) is 42.1 Å². The van der Waals surface area contributed by atoms with Crippen molar-refractivity contribution in [3.8, 4) is 0 Å². The Hall–Kier alpha value is -1.14. The molecule has 0 amide bonds. The number of ether oxygens (including phenoxy) is 3. The summed E-state index contributed by atoms with van der Waals surface area (Å²) in [6, 6.07) is 0.